The van der Waals surface area contributed by atoms with Gasteiger partial charge in [0.1, 0.15) is 12.4 Å². The normalized spacial score (nSPS) is 14.9. The molecule has 1 aromatic heterocycles. The molecule has 1 aliphatic rings. The monoisotopic (exact) mass is 857 g/mol. The van der Waals surface area contributed by atoms with Gasteiger partial charge in [0.25, 0.3) is 11.5 Å². The van der Waals surface area contributed by atoms with E-state index in [1.165, 1.54) is 11.3 Å². The third-order valence-electron chi connectivity index (χ3n) is 7.14. The van der Waals surface area contributed by atoms with E-state index in [4.69, 9.17) is 32.9 Å². The van der Waals surface area contributed by atoms with Crippen molar-refractivity contribution in [2.75, 3.05) is 13.1 Å². The van der Waals surface area contributed by atoms with Crippen LogP contribution in [-0.4, -0.2) is 28.5 Å². The zero-order valence-electron chi connectivity index (χ0n) is 23.5. The zero-order valence-corrected chi connectivity index (χ0v) is 30.2. The smallest absolute Gasteiger partial charge is 0.271 e. The van der Waals surface area contributed by atoms with Crippen LogP contribution >= 0.6 is 79.7 Å². The molecule has 43 heavy (non-hydrogen) atoms. The number of carbonyl (C=O) groups excluding carboxylic acids is 1. The first-order chi connectivity index (χ1) is 20.6. The average molecular weight is 858 g/mol. The van der Waals surface area contributed by atoms with E-state index in [0.717, 1.165) is 29.6 Å². The van der Waals surface area contributed by atoms with E-state index < -0.39 is 6.04 Å². The molecule has 0 aliphatic carbocycles. The Labute approximate surface area is 291 Å². The molecule has 3 aromatic carbocycles. The second-order valence-electron chi connectivity index (χ2n) is 9.80. The largest absolute Gasteiger partial charge is 0.487 e. The van der Waals surface area contributed by atoms with E-state index in [9.17, 15) is 9.59 Å². The van der Waals surface area contributed by atoms with Crippen LogP contribution in [0.1, 0.15) is 43.5 Å². The number of fused-ring (bicyclic) bond motifs is 1. The van der Waals surface area contributed by atoms with Crippen molar-refractivity contribution in [1.82, 2.24) is 9.47 Å². The lowest BCUT2D eigenvalue weighted by Gasteiger charge is -2.29. The Bertz CT molecular complexity index is 1890. The number of hydrogen-bond donors (Lipinski definition) is 0. The number of aromatic nitrogens is 1. The minimum atomic E-state index is -0.621. The maximum Gasteiger partial charge on any atom is 0.271 e. The fourth-order valence-corrected chi connectivity index (χ4v) is 8.44. The number of ether oxygens (including phenoxy) is 1. The molecule has 0 fully saturated rings. The van der Waals surface area contributed by atoms with Crippen LogP contribution in [0.2, 0.25) is 10.0 Å². The molecule has 0 unspecified atom stereocenters. The standard InChI is InChI=1S/C32H27Cl2I2N3O3S/c1-4-38(5-2)31(41)27-18(3)37-32-39(28(27)20-10-12-22(33)13-11-20)30(40)26(43-32)16-19-14-24(35)29(25(36)15-19)42-17-21-8-6-7-9-23(21)34/h6-16,28H,4-5,17H2,1-3H3/b26-16+/t28-/m1/s1. The third-order valence-corrected chi connectivity index (χ3v) is 10.3. The van der Waals surface area contributed by atoms with Crippen molar-refractivity contribution >= 4 is 91.7 Å². The molecule has 0 N–H and O–H groups in total. The number of rotatable bonds is 8. The maximum absolute atomic E-state index is 14.0. The fraction of sp³-hybridized carbons (Fsp3) is 0.219. The van der Waals surface area contributed by atoms with Gasteiger partial charge in [0.05, 0.1) is 29.0 Å². The van der Waals surface area contributed by atoms with Gasteiger partial charge in [0, 0.05) is 28.7 Å². The molecule has 0 saturated heterocycles. The van der Waals surface area contributed by atoms with Crippen LogP contribution in [0.25, 0.3) is 6.08 Å². The van der Waals surface area contributed by atoms with Crippen molar-refractivity contribution in [2.45, 2.75) is 33.4 Å². The van der Waals surface area contributed by atoms with Gasteiger partial charge in [-0.3, -0.25) is 14.2 Å². The number of thiazole rings is 1. The lowest BCUT2D eigenvalue weighted by atomic mass is 9.94. The molecule has 222 valence electrons. The van der Waals surface area contributed by atoms with E-state index in [2.05, 4.69) is 45.2 Å². The van der Waals surface area contributed by atoms with E-state index in [1.54, 1.807) is 21.6 Å². The number of allylic oxidation sites excluding steroid dienone is 1. The van der Waals surface area contributed by atoms with Crippen molar-refractivity contribution in [1.29, 1.82) is 0 Å². The van der Waals surface area contributed by atoms with Crippen molar-refractivity contribution in [3.63, 3.8) is 0 Å². The van der Waals surface area contributed by atoms with Crippen molar-refractivity contribution < 1.29 is 9.53 Å². The second-order valence-corrected chi connectivity index (χ2v) is 14.0. The molecule has 1 aliphatic heterocycles. The van der Waals surface area contributed by atoms with Gasteiger partial charge in [-0.15, -0.1) is 0 Å². The first-order valence-corrected chi connectivity index (χ1v) is 17.3. The van der Waals surface area contributed by atoms with Crippen LogP contribution in [0.15, 0.2) is 81.7 Å². The summed E-state index contributed by atoms with van der Waals surface area (Å²) in [6.45, 7) is 7.18. The topological polar surface area (TPSA) is 63.9 Å². The van der Waals surface area contributed by atoms with Crippen LogP contribution in [-0.2, 0) is 11.4 Å². The molecule has 5 rings (SSSR count). The number of benzene rings is 3. The van der Waals surface area contributed by atoms with Gasteiger partial charge >= 0.3 is 0 Å². The molecule has 0 spiro atoms. The van der Waals surface area contributed by atoms with Crippen LogP contribution in [0, 0.1) is 7.14 Å². The van der Waals surface area contributed by atoms with E-state index in [0.29, 0.717) is 50.3 Å². The predicted molar refractivity (Wildman–Crippen MR) is 191 cm³/mol. The Kier molecular flexibility index (Phi) is 10.4. The summed E-state index contributed by atoms with van der Waals surface area (Å²) in [5.74, 6) is 0.634. The van der Waals surface area contributed by atoms with Crippen molar-refractivity contribution in [2.24, 2.45) is 4.99 Å². The van der Waals surface area contributed by atoms with Crippen LogP contribution in [0.3, 0.4) is 0 Å². The molecular weight excluding hydrogens is 831 g/mol. The summed E-state index contributed by atoms with van der Waals surface area (Å²) in [7, 11) is 0. The SMILES string of the molecule is CCN(CC)C(=O)C1=C(C)N=c2s/c(=C/c3cc(I)c(OCc4ccccc4Cl)c(I)c3)c(=O)n2[C@@H]1c1ccc(Cl)cc1. The van der Waals surface area contributed by atoms with Gasteiger partial charge in [0.15, 0.2) is 4.80 Å². The van der Waals surface area contributed by atoms with Crippen LogP contribution < -0.4 is 19.6 Å². The first kappa shape index (κ1) is 32.2. The molecule has 0 saturated carbocycles. The Morgan fingerprint density at radius 1 is 1.07 bits per heavy atom. The zero-order chi connectivity index (χ0) is 30.8. The summed E-state index contributed by atoms with van der Waals surface area (Å²) < 4.78 is 10.1. The highest BCUT2D eigenvalue weighted by Gasteiger charge is 2.34. The number of likely N-dealkylation sites (N-methyl/N-ethyl adjacent to an activating group) is 1. The average Bonchev–Trinajstić information content (AvgIpc) is 3.27. The van der Waals surface area contributed by atoms with E-state index in [-0.39, 0.29) is 11.5 Å². The first-order valence-electron chi connectivity index (χ1n) is 13.5. The number of carbonyl (C=O) groups is 1. The second kappa shape index (κ2) is 13.8. The van der Waals surface area contributed by atoms with Crippen LogP contribution in [0.5, 0.6) is 5.75 Å². The Morgan fingerprint density at radius 3 is 2.35 bits per heavy atom. The minimum Gasteiger partial charge on any atom is -0.487 e. The van der Waals surface area contributed by atoms with Gasteiger partial charge in [0.2, 0.25) is 0 Å². The van der Waals surface area contributed by atoms with Gasteiger partial charge in [-0.1, -0.05) is 64.9 Å². The summed E-state index contributed by atoms with van der Waals surface area (Å²) in [6, 6.07) is 18.2. The molecule has 4 aromatic rings. The molecule has 0 radical (unpaired) electrons. The van der Waals surface area contributed by atoms with Gasteiger partial charge in [-0.2, -0.15) is 0 Å². The molecule has 1 atom stereocenters. The fourth-order valence-electron chi connectivity index (χ4n) is 4.95. The molecule has 11 heteroatoms. The Morgan fingerprint density at radius 2 is 1.72 bits per heavy atom. The molecule has 2 heterocycles. The van der Waals surface area contributed by atoms with Gasteiger partial charge < -0.3 is 9.64 Å². The lowest BCUT2D eigenvalue weighted by Crippen LogP contribution is -2.43. The Hall–Kier alpha value is -2.19. The van der Waals surface area contributed by atoms with E-state index >= 15 is 0 Å². The molecule has 6 nitrogen and oxygen atoms in total. The lowest BCUT2D eigenvalue weighted by molar-refractivity contribution is -0.127. The van der Waals surface area contributed by atoms with Crippen LogP contribution in [0.4, 0.5) is 0 Å². The highest BCUT2D eigenvalue weighted by atomic mass is 127. The van der Waals surface area contributed by atoms with Gasteiger partial charge in [-0.05, 0) is 113 Å². The quantitative estimate of drug-likeness (QED) is 0.176. The van der Waals surface area contributed by atoms with Crippen molar-refractivity contribution in [3.05, 3.63) is 125 Å². The number of nitrogens with zero attached hydrogens (tertiary/aromatic N) is 3. The van der Waals surface area contributed by atoms with E-state index in [1.807, 2.05) is 75.4 Å². The third kappa shape index (κ3) is 6.75. The Balaban J connectivity index is 1.57. The maximum atomic E-state index is 14.0. The molecule has 0 bridgehead atoms. The summed E-state index contributed by atoms with van der Waals surface area (Å²) in [6.07, 6.45) is 1.87. The molecular formula is C32H27Cl2I2N3O3S. The summed E-state index contributed by atoms with van der Waals surface area (Å²) in [4.78, 5) is 34.9. The highest BCUT2D eigenvalue weighted by Crippen LogP contribution is 2.33. The number of hydrogen-bond acceptors (Lipinski definition) is 5. The number of halogens is 4. The summed E-state index contributed by atoms with van der Waals surface area (Å²) >= 11 is 18.3. The predicted octanol–water partition coefficient (Wildman–Crippen LogP) is 7.20. The summed E-state index contributed by atoms with van der Waals surface area (Å²) in [5.41, 5.74) is 3.46. The number of amides is 1. The highest BCUT2D eigenvalue weighted by molar-refractivity contribution is 14.1. The van der Waals surface area contributed by atoms with Gasteiger partial charge in [-0.25, -0.2) is 4.99 Å². The molecule has 1 amide bonds. The summed E-state index contributed by atoms with van der Waals surface area (Å²) in [5, 5.41) is 1.24. The minimum absolute atomic E-state index is 0.128. The van der Waals surface area contributed by atoms with Crippen molar-refractivity contribution in [3.8, 4) is 5.75 Å².